The van der Waals surface area contributed by atoms with Gasteiger partial charge < -0.3 is 9.15 Å². The molecule has 0 aliphatic rings. The van der Waals surface area contributed by atoms with Gasteiger partial charge in [-0.15, -0.1) is 0 Å². The van der Waals surface area contributed by atoms with Crippen LogP contribution in [-0.4, -0.2) is 28.3 Å². The van der Waals surface area contributed by atoms with Crippen LogP contribution in [0.5, 0.6) is 5.75 Å². The molecule has 0 saturated heterocycles. The lowest BCUT2D eigenvalue weighted by Crippen LogP contribution is -2.17. The quantitative estimate of drug-likeness (QED) is 0.521. The van der Waals surface area contributed by atoms with Gasteiger partial charge in [-0.2, -0.15) is 17.5 Å². The number of methoxy groups -OCH3 is 1. The summed E-state index contributed by atoms with van der Waals surface area (Å²) in [5.41, 5.74) is -0.514. The molecule has 2 heterocycles. The number of carbonyl (C=O) groups is 1. The third kappa shape index (κ3) is 5.12. The van der Waals surface area contributed by atoms with E-state index in [9.17, 15) is 26.7 Å². The number of furan rings is 1. The Morgan fingerprint density at radius 2 is 1.97 bits per heavy atom. The molecule has 2 aromatic heterocycles. The van der Waals surface area contributed by atoms with Gasteiger partial charge in [0.2, 0.25) is 10.9 Å². The molecule has 0 bridgehead atoms. The maximum atomic E-state index is 13.4. The summed E-state index contributed by atoms with van der Waals surface area (Å²) in [6, 6.07) is 7.02. The van der Waals surface area contributed by atoms with Crippen molar-refractivity contribution in [3.8, 4) is 17.1 Å². The second kappa shape index (κ2) is 8.01. The summed E-state index contributed by atoms with van der Waals surface area (Å²) >= 11 is 0.580. The molecule has 0 fully saturated rings. The first-order valence-corrected chi connectivity index (χ1v) is 9.11. The predicted octanol–water partition coefficient (Wildman–Crippen LogP) is 5.28. The zero-order valence-electron chi connectivity index (χ0n) is 15.5. The van der Waals surface area contributed by atoms with E-state index in [2.05, 4.69) is 14.7 Å². The molecule has 30 heavy (non-hydrogen) atoms. The highest BCUT2D eigenvalue weighted by Crippen LogP contribution is 2.38. The normalized spacial score (nSPS) is 12.1. The van der Waals surface area contributed by atoms with E-state index in [0.717, 1.165) is 6.07 Å². The van der Waals surface area contributed by atoms with Gasteiger partial charge >= 0.3 is 6.18 Å². The Kier molecular flexibility index (Phi) is 5.79. The minimum absolute atomic E-state index is 0.199. The van der Waals surface area contributed by atoms with Gasteiger partial charge in [-0.3, -0.25) is 10.1 Å². The summed E-state index contributed by atoms with van der Waals surface area (Å²) in [7, 11) is 1.39. The highest BCUT2D eigenvalue weighted by Gasteiger charge is 2.40. The van der Waals surface area contributed by atoms with E-state index in [1.807, 2.05) is 0 Å². The van der Waals surface area contributed by atoms with Crippen molar-refractivity contribution in [1.29, 1.82) is 0 Å². The van der Waals surface area contributed by atoms with Gasteiger partial charge in [0.15, 0.2) is 5.82 Å². The first-order valence-electron chi connectivity index (χ1n) is 8.33. The van der Waals surface area contributed by atoms with Crippen LogP contribution in [0.25, 0.3) is 11.3 Å². The van der Waals surface area contributed by atoms with E-state index in [-0.39, 0.29) is 22.3 Å². The standard InChI is InChI=1S/C18H14F5N3O3S/c1-17(19,20)8-13-24-16(30-26-13)25-15(27)11-7-12(29-14(11)18(21,22)23)9-4-3-5-10(6-9)28-2/h3-7H,8H2,1-2H3,(H,24,25,26,27). The summed E-state index contributed by atoms with van der Waals surface area (Å²) in [4.78, 5) is 16.1. The number of alkyl halides is 5. The van der Waals surface area contributed by atoms with Crippen LogP contribution in [0.1, 0.15) is 28.9 Å². The van der Waals surface area contributed by atoms with Crippen molar-refractivity contribution in [1.82, 2.24) is 9.36 Å². The van der Waals surface area contributed by atoms with E-state index >= 15 is 0 Å². The molecule has 0 radical (unpaired) electrons. The molecule has 1 N–H and O–H groups in total. The summed E-state index contributed by atoms with van der Waals surface area (Å²) in [6.45, 7) is 0.674. The molecule has 6 nitrogen and oxygen atoms in total. The van der Waals surface area contributed by atoms with Crippen LogP contribution in [0.2, 0.25) is 0 Å². The largest absolute Gasteiger partial charge is 0.497 e. The molecule has 0 atom stereocenters. The van der Waals surface area contributed by atoms with Crippen molar-refractivity contribution >= 4 is 22.6 Å². The van der Waals surface area contributed by atoms with Crippen molar-refractivity contribution in [3.63, 3.8) is 0 Å². The fourth-order valence-corrected chi connectivity index (χ4v) is 3.09. The lowest BCUT2D eigenvalue weighted by Gasteiger charge is -2.06. The fraction of sp³-hybridized carbons (Fsp3) is 0.278. The number of benzene rings is 1. The molecule has 1 aromatic carbocycles. The Bertz CT molecular complexity index is 1060. The molecular formula is C18H14F5N3O3S. The second-order valence-corrected chi connectivity index (χ2v) is 7.05. The lowest BCUT2D eigenvalue weighted by atomic mass is 10.1. The molecule has 0 aliphatic carbocycles. The minimum Gasteiger partial charge on any atom is -0.497 e. The van der Waals surface area contributed by atoms with Crippen LogP contribution in [0.3, 0.4) is 0 Å². The average molecular weight is 447 g/mol. The highest BCUT2D eigenvalue weighted by atomic mass is 32.1. The number of amides is 1. The van der Waals surface area contributed by atoms with Crippen molar-refractivity contribution in [2.45, 2.75) is 25.4 Å². The summed E-state index contributed by atoms with van der Waals surface area (Å²) in [5, 5.41) is 1.93. The highest BCUT2D eigenvalue weighted by molar-refractivity contribution is 7.09. The first-order chi connectivity index (χ1) is 14.0. The van der Waals surface area contributed by atoms with Gasteiger partial charge in [-0.1, -0.05) is 12.1 Å². The van der Waals surface area contributed by atoms with E-state index in [0.29, 0.717) is 24.2 Å². The Morgan fingerprint density at radius 1 is 1.23 bits per heavy atom. The van der Waals surface area contributed by atoms with Crippen LogP contribution < -0.4 is 10.1 Å². The molecule has 0 saturated carbocycles. The van der Waals surface area contributed by atoms with Gasteiger partial charge in [0, 0.05) is 17.1 Å². The number of nitrogens with one attached hydrogen (secondary N) is 1. The zero-order valence-corrected chi connectivity index (χ0v) is 16.3. The number of nitrogens with zero attached hydrogens (tertiary/aromatic N) is 2. The Morgan fingerprint density at radius 3 is 2.60 bits per heavy atom. The van der Waals surface area contributed by atoms with E-state index in [4.69, 9.17) is 9.15 Å². The van der Waals surface area contributed by atoms with Crippen LogP contribution >= 0.6 is 11.5 Å². The number of hydrogen-bond acceptors (Lipinski definition) is 6. The molecule has 0 spiro atoms. The van der Waals surface area contributed by atoms with Gasteiger partial charge in [0.1, 0.15) is 11.5 Å². The number of rotatable bonds is 6. The summed E-state index contributed by atoms with van der Waals surface area (Å²) in [6.07, 6.45) is -5.71. The monoisotopic (exact) mass is 447 g/mol. The van der Waals surface area contributed by atoms with Gasteiger partial charge in [-0.25, -0.2) is 13.8 Å². The van der Waals surface area contributed by atoms with Crippen LogP contribution in [0, 0.1) is 0 Å². The third-order valence-corrected chi connectivity index (χ3v) is 4.41. The number of hydrogen-bond donors (Lipinski definition) is 1. The number of carbonyl (C=O) groups excluding carboxylic acids is 1. The van der Waals surface area contributed by atoms with Crippen LogP contribution in [0.15, 0.2) is 34.7 Å². The van der Waals surface area contributed by atoms with Crippen LogP contribution in [-0.2, 0) is 12.6 Å². The Balaban J connectivity index is 1.90. The van der Waals surface area contributed by atoms with Crippen LogP contribution in [0.4, 0.5) is 27.1 Å². The molecule has 0 unspecified atom stereocenters. The smallest absolute Gasteiger partial charge is 0.450 e. The van der Waals surface area contributed by atoms with Gasteiger partial charge in [0.25, 0.3) is 11.8 Å². The maximum absolute atomic E-state index is 13.4. The lowest BCUT2D eigenvalue weighted by molar-refractivity contribution is -0.153. The molecule has 3 rings (SSSR count). The van der Waals surface area contributed by atoms with E-state index < -0.39 is 35.8 Å². The SMILES string of the molecule is COc1cccc(-c2cc(C(=O)Nc3nc(CC(C)(F)F)ns3)c(C(F)(F)F)o2)c1. The van der Waals surface area contributed by atoms with Crippen molar-refractivity contribution in [2.24, 2.45) is 0 Å². The number of anilines is 1. The topological polar surface area (TPSA) is 77.2 Å². The average Bonchev–Trinajstić information content (AvgIpc) is 3.27. The van der Waals surface area contributed by atoms with Gasteiger partial charge in [0.05, 0.1) is 19.1 Å². The first kappa shape index (κ1) is 21.7. The predicted molar refractivity (Wildman–Crippen MR) is 97.9 cm³/mol. The van der Waals surface area contributed by atoms with E-state index in [1.165, 1.54) is 19.2 Å². The van der Waals surface area contributed by atoms with Crippen molar-refractivity contribution in [2.75, 3.05) is 12.4 Å². The molecule has 3 aromatic rings. The second-order valence-electron chi connectivity index (χ2n) is 6.30. The third-order valence-electron chi connectivity index (χ3n) is 3.75. The Labute approximate surface area is 170 Å². The fourth-order valence-electron chi connectivity index (χ4n) is 2.51. The number of aromatic nitrogens is 2. The summed E-state index contributed by atoms with van der Waals surface area (Å²) in [5.74, 6) is -5.77. The number of halogens is 5. The molecular weight excluding hydrogens is 433 g/mol. The summed E-state index contributed by atoms with van der Waals surface area (Å²) < 4.78 is 79.9. The zero-order chi connectivity index (χ0) is 22.1. The minimum atomic E-state index is -4.94. The van der Waals surface area contributed by atoms with Crippen molar-refractivity contribution in [3.05, 3.63) is 47.5 Å². The van der Waals surface area contributed by atoms with Crippen molar-refractivity contribution < 1.29 is 35.9 Å². The van der Waals surface area contributed by atoms with E-state index in [1.54, 1.807) is 12.1 Å². The molecule has 160 valence electrons. The molecule has 1 amide bonds. The maximum Gasteiger partial charge on any atom is 0.450 e. The molecule has 0 aliphatic heterocycles. The number of ether oxygens (including phenoxy) is 1. The molecule has 12 heteroatoms. The Hall–Kier alpha value is -3.02. The van der Waals surface area contributed by atoms with Gasteiger partial charge in [-0.05, 0) is 25.1 Å².